The van der Waals surface area contributed by atoms with Crippen molar-refractivity contribution in [3.63, 3.8) is 0 Å². The zero-order valence-electron chi connectivity index (χ0n) is 25.0. The van der Waals surface area contributed by atoms with E-state index in [2.05, 4.69) is 121 Å². The maximum absolute atomic E-state index is 6.63. The molecular weight excluding hydrogens is 564 g/mol. The molecule has 10 aromatic rings. The van der Waals surface area contributed by atoms with E-state index >= 15 is 0 Å². The van der Waals surface area contributed by atoms with Gasteiger partial charge in [-0.3, -0.25) is 0 Å². The predicted molar refractivity (Wildman–Crippen MR) is 189 cm³/mol. The van der Waals surface area contributed by atoms with Crippen LogP contribution in [0.2, 0.25) is 0 Å². The fourth-order valence-electron chi connectivity index (χ4n) is 7.26. The first-order valence-electron chi connectivity index (χ1n) is 15.5. The number of hydrogen-bond acceptors (Lipinski definition) is 3. The first-order valence-corrected chi connectivity index (χ1v) is 15.5. The summed E-state index contributed by atoms with van der Waals surface area (Å²) in [4.78, 5) is 5.06. The van der Waals surface area contributed by atoms with Crippen LogP contribution in [-0.2, 0) is 7.05 Å². The normalized spacial score (nSPS) is 12.0. The summed E-state index contributed by atoms with van der Waals surface area (Å²) in [6.07, 6.45) is 0. The van der Waals surface area contributed by atoms with Crippen molar-refractivity contribution >= 4 is 65.7 Å². The number of fused-ring (bicyclic) bond motifs is 8. The van der Waals surface area contributed by atoms with E-state index in [9.17, 15) is 0 Å². The van der Waals surface area contributed by atoms with E-state index in [1.807, 2.05) is 30.3 Å². The molecule has 0 saturated carbocycles. The molecule has 0 atom stereocenters. The predicted octanol–water partition coefficient (Wildman–Crippen LogP) is 11.5. The van der Waals surface area contributed by atoms with Crippen LogP contribution in [0.25, 0.3) is 99.3 Å². The minimum atomic E-state index is 0.842. The summed E-state index contributed by atoms with van der Waals surface area (Å²) in [5.74, 6) is 0.960. The summed E-state index contributed by atoms with van der Waals surface area (Å²) in [5, 5.41) is 6.69. The van der Waals surface area contributed by atoms with Crippen LogP contribution in [0.1, 0.15) is 0 Å². The summed E-state index contributed by atoms with van der Waals surface area (Å²) < 4.78 is 15.4. The van der Waals surface area contributed by atoms with E-state index in [4.69, 9.17) is 13.8 Å². The molecule has 0 aliphatic rings. The fourth-order valence-corrected chi connectivity index (χ4v) is 7.26. The molecule has 0 radical (unpaired) electrons. The number of aryl methyl sites for hydroxylation is 1. The molecule has 0 aliphatic carbocycles. The molecule has 4 heteroatoms. The molecule has 0 amide bonds. The van der Waals surface area contributed by atoms with Crippen molar-refractivity contribution in [1.29, 1.82) is 0 Å². The Balaban J connectivity index is 1.24. The number of furan rings is 2. The van der Waals surface area contributed by atoms with Crippen LogP contribution in [0.5, 0.6) is 0 Å². The minimum Gasteiger partial charge on any atom is -0.455 e. The first kappa shape index (κ1) is 25.2. The average Bonchev–Trinajstić information content (AvgIpc) is 3.78. The van der Waals surface area contributed by atoms with Crippen molar-refractivity contribution in [3.8, 4) is 33.6 Å². The summed E-state index contributed by atoms with van der Waals surface area (Å²) in [6.45, 7) is 0. The third-order valence-corrected chi connectivity index (χ3v) is 9.43. The van der Waals surface area contributed by atoms with Gasteiger partial charge in [-0.2, -0.15) is 0 Å². The van der Waals surface area contributed by atoms with Gasteiger partial charge in [0.05, 0.1) is 16.6 Å². The number of nitrogens with zero attached hydrogens (tertiary/aromatic N) is 2. The second-order valence-electron chi connectivity index (χ2n) is 12.0. The van der Waals surface area contributed by atoms with Gasteiger partial charge in [0.25, 0.3) is 0 Å². The third kappa shape index (κ3) is 3.52. The molecule has 10 rings (SSSR count). The molecule has 0 saturated heterocycles. The molecule has 0 aliphatic heterocycles. The van der Waals surface area contributed by atoms with Crippen molar-refractivity contribution in [3.05, 3.63) is 140 Å². The van der Waals surface area contributed by atoms with Crippen molar-refractivity contribution in [1.82, 2.24) is 9.55 Å². The highest BCUT2D eigenvalue weighted by atomic mass is 16.3. The Morgan fingerprint density at radius 1 is 0.478 bits per heavy atom. The van der Waals surface area contributed by atoms with Crippen LogP contribution in [0, 0.1) is 0 Å². The Morgan fingerprint density at radius 3 is 1.72 bits per heavy atom. The fraction of sp³-hybridized carbons (Fsp3) is 0.0238. The molecule has 0 spiro atoms. The van der Waals surface area contributed by atoms with Gasteiger partial charge in [-0.15, -0.1) is 0 Å². The SMILES string of the molecule is Cn1c(-c2ccccc2)nc2cc(-c3ccc(-c4c5oc6ccccc6c5cc5c4oc4ccccc45)c4ccccc34)ccc21. The molecule has 46 heavy (non-hydrogen) atoms. The molecule has 3 heterocycles. The smallest absolute Gasteiger partial charge is 0.147 e. The van der Waals surface area contributed by atoms with Gasteiger partial charge < -0.3 is 13.4 Å². The quantitative estimate of drug-likeness (QED) is 0.206. The summed E-state index contributed by atoms with van der Waals surface area (Å²) in [7, 11) is 2.08. The molecule has 216 valence electrons. The van der Waals surface area contributed by atoms with Crippen molar-refractivity contribution in [2.24, 2.45) is 7.05 Å². The van der Waals surface area contributed by atoms with Gasteiger partial charge in [0.15, 0.2) is 0 Å². The topological polar surface area (TPSA) is 44.1 Å². The average molecular weight is 591 g/mol. The Bertz CT molecular complexity index is 2730. The largest absolute Gasteiger partial charge is 0.455 e. The second kappa shape index (κ2) is 9.43. The molecule has 4 nitrogen and oxygen atoms in total. The number of hydrogen-bond donors (Lipinski definition) is 0. The molecule has 0 N–H and O–H groups in total. The molecular formula is C42H26N2O2. The number of benzene rings is 7. The standard InChI is InChI=1S/C42H26N2O2/c1-44-36-22-19-26(23-35(36)43-42(44)25-11-3-2-4-12-25)27-20-21-32(29-14-6-5-13-28(27)29)39-40-33(30-15-7-9-17-37(30)45-40)24-34-31-16-8-10-18-38(31)46-41(34)39/h2-24H,1H3. The first-order chi connectivity index (χ1) is 22.7. The molecule has 3 aromatic heterocycles. The van der Waals surface area contributed by atoms with E-state index in [0.29, 0.717) is 0 Å². The minimum absolute atomic E-state index is 0.842. The van der Waals surface area contributed by atoms with E-state index in [1.54, 1.807) is 0 Å². The van der Waals surface area contributed by atoms with Gasteiger partial charge in [-0.1, -0.05) is 109 Å². The molecule has 0 bridgehead atoms. The van der Waals surface area contributed by atoms with Crippen molar-refractivity contribution in [2.75, 3.05) is 0 Å². The number of rotatable bonds is 3. The van der Waals surface area contributed by atoms with Gasteiger partial charge >= 0.3 is 0 Å². The van der Waals surface area contributed by atoms with Gasteiger partial charge in [-0.05, 0) is 57.8 Å². The highest BCUT2D eigenvalue weighted by Crippen LogP contribution is 2.47. The number of imidazole rings is 1. The second-order valence-corrected chi connectivity index (χ2v) is 12.0. The lowest BCUT2D eigenvalue weighted by atomic mass is 9.90. The third-order valence-electron chi connectivity index (χ3n) is 9.43. The lowest BCUT2D eigenvalue weighted by molar-refractivity contribution is 0.658. The highest BCUT2D eigenvalue weighted by molar-refractivity contribution is 6.24. The van der Waals surface area contributed by atoms with Crippen molar-refractivity contribution in [2.45, 2.75) is 0 Å². The van der Waals surface area contributed by atoms with Crippen LogP contribution in [-0.4, -0.2) is 9.55 Å². The maximum atomic E-state index is 6.63. The lowest BCUT2D eigenvalue weighted by Crippen LogP contribution is -1.92. The van der Waals surface area contributed by atoms with Crippen LogP contribution in [0.3, 0.4) is 0 Å². The Labute approximate surface area is 263 Å². The Morgan fingerprint density at radius 2 is 1.04 bits per heavy atom. The lowest BCUT2D eigenvalue weighted by Gasteiger charge is -2.13. The molecule has 7 aromatic carbocycles. The Kier molecular flexibility index (Phi) is 5.17. The van der Waals surface area contributed by atoms with Crippen molar-refractivity contribution < 1.29 is 8.83 Å². The van der Waals surface area contributed by atoms with Crippen LogP contribution in [0.15, 0.2) is 148 Å². The van der Waals surface area contributed by atoms with Crippen LogP contribution < -0.4 is 0 Å². The van der Waals surface area contributed by atoms with Gasteiger partial charge in [0, 0.05) is 34.2 Å². The van der Waals surface area contributed by atoms with E-state index in [-0.39, 0.29) is 0 Å². The summed E-state index contributed by atoms with van der Waals surface area (Å²) in [6, 6.07) is 48.8. The van der Waals surface area contributed by atoms with E-state index in [1.165, 1.54) is 0 Å². The van der Waals surface area contributed by atoms with Crippen LogP contribution >= 0.6 is 0 Å². The highest BCUT2D eigenvalue weighted by Gasteiger charge is 2.23. The zero-order chi connectivity index (χ0) is 30.4. The maximum Gasteiger partial charge on any atom is 0.147 e. The Hall–Kier alpha value is -6.13. The van der Waals surface area contributed by atoms with Crippen LogP contribution in [0.4, 0.5) is 0 Å². The van der Waals surface area contributed by atoms with Gasteiger partial charge in [0.1, 0.15) is 28.2 Å². The molecule has 0 unspecified atom stereocenters. The van der Waals surface area contributed by atoms with E-state index < -0.39 is 0 Å². The zero-order valence-corrected chi connectivity index (χ0v) is 25.0. The summed E-state index contributed by atoms with van der Waals surface area (Å²) in [5.41, 5.74) is 11.0. The van der Waals surface area contributed by atoms with Gasteiger partial charge in [-0.25, -0.2) is 4.98 Å². The number of aromatic nitrogens is 2. The van der Waals surface area contributed by atoms with Gasteiger partial charge in [0.2, 0.25) is 0 Å². The number of para-hydroxylation sites is 2. The van der Waals surface area contributed by atoms with E-state index in [0.717, 1.165) is 99.3 Å². The molecule has 0 fully saturated rings. The monoisotopic (exact) mass is 590 g/mol. The summed E-state index contributed by atoms with van der Waals surface area (Å²) >= 11 is 0.